The van der Waals surface area contributed by atoms with Crippen LogP contribution in [0.1, 0.15) is 41.7 Å². The molecule has 0 aromatic heterocycles. The number of hydrogen-bond donors (Lipinski definition) is 3. The van der Waals surface area contributed by atoms with Crippen molar-refractivity contribution in [2.45, 2.75) is 48.1 Å². The predicted octanol–water partition coefficient (Wildman–Crippen LogP) is 2.01. The standard InChI is InChI=1S/C26H34FN3O4S/c1-18-23(35(32,33)24(17-30-18)19-5-3-2-4-6-19)15-20-7-8-21(16-22(20)27)26(9-13-34-14-10-26)25(31)29-12-11-28/h2-8,16,18,23-24,30H,9-15,17,28H2,1H3,(H,29,31)/t18-,23?,24-/m0/s1. The summed E-state index contributed by atoms with van der Waals surface area (Å²) in [6.07, 6.45) is 0.944. The highest BCUT2D eigenvalue weighted by molar-refractivity contribution is 7.92. The zero-order chi connectivity index (χ0) is 25.1. The second-order valence-electron chi connectivity index (χ2n) is 9.47. The maximum atomic E-state index is 15.4. The van der Waals surface area contributed by atoms with Crippen molar-refractivity contribution >= 4 is 15.7 Å². The lowest BCUT2D eigenvalue weighted by atomic mass is 9.73. The SMILES string of the molecule is C[C@@H]1NC[C@@H](c2ccccc2)S(=O)(=O)C1Cc1ccc(C2(C(=O)NCCN)CCOCC2)cc1F. The van der Waals surface area contributed by atoms with Gasteiger partial charge in [0.05, 0.1) is 15.9 Å². The van der Waals surface area contributed by atoms with Gasteiger partial charge < -0.3 is 21.1 Å². The zero-order valence-electron chi connectivity index (χ0n) is 20.0. The molecule has 2 heterocycles. The van der Waals surface area contributed by atoms with E-state index in [-0.39, 0.29) is 18.4 Å². The molecule has 2 aromatic carbocycles. The van der Waals surface area contributed by atoms with Crippen molar-refractivity contribution in [2.24, 2.45) is 5.73 Å². The van der Waals surface area contributed by atoms with Crippen molar-refractivity contribution in [3.63, 3.8) is 0 Å². The van der Waals surface area contributed by atoms with Crippen LogP contribution in [0.2, 0.25) is 0 Å². The van der Waals surface area contributed by atoms with Crippen LogP contribution in [-0.4, -0.2) is 58.5 Å². The van der Waals surface area contributed by atoms with Crippen molar-refractivity contribution in [2.75, 3.05) is 32.8 Å². The third kappa shape index (κ3) is 5.14. The molecule has 0 spiro atoms. The van der Waals surface area contributed by atoms with Gasteiger partial charge in [0, 0.05) is 38.9 Å². The summed E-state index contributed by atoms with van der Waals surface area (Å²) in [5.74, 6) is -0.680. The van der Waals surface area contributed by atoms with Crippen molar-refractivity contribution in [1.29, 1.82) is 0 Å². The fourth-order valence-corrected chi connectivity index (χ4v) is 7.62. The number of carbonyl (C=O) groups is 1. The van der Waals surface area contributed by atoms with Crippen molar-refractivity contribution < 1.29 is 22.3 Å². The van der Waals surface area contributed by atoms with E-state index in [4.69, 9.17) is 10.5 Å². The lowest BCUT2D eigenvalue weighted by molar-refractivity contribution is -0.130. The first-order chi connectivity index (χ1) is 16.8. The summed E-state index contributed by atoms with van der Waals surface area (Å²) in [5.41, 5.74) is 6.30. The molecule has 2 aliphatic heterocycles. The second kappa shape index (κ2) is 10.7. The lowest BCUT2D eigenvalue weighted by Gasteiger charge is -2.37. The molecule has 0 saturated carbocycles. The molecule has 9 heteroatoms. The van der Waals surface area contributed by atoms with Crippen LogP contribution in [0.25, 0.3) is 0 Å². The topological polar surface area (TPSA) is 111 Å². The molecule has 1 amide bonds. The molecule has 2 fully saturated rings. The summed E-state index contributed by atoms with van der Waals surface area (Å²) in [5, 5.41) is 4.70. The first-order valence-corrected chi connectivity index (χ1v) is 13.8. The average molecular weight is 504 g/mol. The molecule has 2 aromatic rings. The molecule has 7 nitrogen and oxygen atoms in total. The quantitative estimate of drug-likeness (QED) is 0.533. The van der Waals surface area contributed by atoms with E-state index in [9.17, 15) is 13.2 Å². The van der Waals surface area contributed by atoms with E-state index in [1.165, 1.54) is 6.07 Å². The van der Waals surface area contributed by atoms with Gasteiger partial charge in [0.2, 0.25) is 5.91 Å². The fourth-order valence-electron chi connectivity index (χ4n) is 5.25. The third-order valence-corrected chi connectivity index (χ3v) is 10.1. The number of benzene rings is 2. The Balaban J connectivity index is 1.61. The van der Waals surface area contributed by atoms with Gasteiger partial charge in [-0.25, -0.2) is 12.8 Å². The normalized spacial score (nSPS) is 25.6. The molecule has 35 heavy (non-hydrogen) atoms. The average Bonchev–Trinajstić information content (AvgIpc) is 2.86. The molecule has 1 unspecified atom stereocenters. The molecule has 0 radical (unpaired) electrons. The van der Waals surface area contributed by atoms with Gasteiger partial charge >= 0.3 is 0 Å². The summed E-state index contributed by atoms with van der Waals surface area (Å²) in [6.45, 7) is 3.63. The number of amides is 1. The highest BCUT2D eigenvalue weighted by Gasteiger charge is 2.44. The summed E-state index contributed by atoms with van der Waals surface area (Å²) in [6, 6.07) is 13.6. The zero-order valence-corrected chi connectivity index (χ0v) is 20.8. The molecule has 2 saturated heterocycles. The van der Waals surface area contributed by atoms with E-state index in [0.717, 1.165) is 5.56 Å². The Kier molecular flexibility index (Phi) is 7.90. The van der Waals surface area contributed by atoms with Crippen LogP contribution in [0.4, 0.5) is 4.39 Å². The second-order valence-corrected chi connectivity index (χ2v) is 11.8. The largest absolute Gasteiger partial charge is 0.381 e. The third-order valence-electron chi connectivity index (χ3n) is 7.41. The molecule has 190 valence electrons. The number of rotatable bonds is 7. The van der Waals surface area contributed by atoms with Gasteiger partial charge in [-0.15, -0.1) is 0 Å². The highest BCUT2D eigenvalue weighted by Crippen LogP contribution is 2.37. The number of hydrogen-bond acceptors (Lipinski definition) is 6. The van der Waals surface area contributed by atoms with E-state index >= 15 is 4.39 Å². The maximum Gasteiger partial charge on any atom is 0.230 e. The Morgan fingerprint density at radius 1 is 1.20 bits per heavy atom. The minimum absolute atomic E-state index is 0.0570. The van der Waals surface area contributed by atoms with Gasteiger partial charge in [-0.1, -0.05) is 42.5 Å². The molecule has 0 aliphatic carbocycles. The Labute approximate surface area is 206 Å². The van der Waals surface area contributed by atoms with Crippen molar-refractivity contribution in [3.8, 4) is 0 Å². The number of carbonyl (C=O) groups excluding carboxylic acids is 1. The van der Waals surface area contributed by atoms with Gasteiger partial charge in [-0.3, -0.25) is 4.79 Å². The number of nitrogens with one attached hydrogen (secondary N) is 2. The summed E-state index contributed by atoms with van der Waals surface area (Å²) < 4.78 is 48.0. The molecule has 0 bridgehead atoms. The summed E-state index contributed by atoms with van der Waals surface area (Å²) >= 11 is 0. The van der Waals surface area contributed by atoms with E-state index in [0.29, 0.717) is 56.8 Å². The maximum absolute atomic E-state index is 15.4. The van der Waals surface area contributed by atoms with Gasteiger partial charge in [-0.2, -0.15) is 0 Å². The van der Waals surface area contributed by atoms with Gasteiger partial charge in [0.25, 0.3) is 0 Å². The molecule has 4 N–H and O–H groups in total. The van der Waals surface area contributed by atoms with E-state index in [1.54, 1.807) is 12.1 Å². The van der Waals surface area contributed by atoms with Crippen LogP contribution in [-0.2, 0) is 31.2 Å². The van der Waals surface area contributed by atoms with Gasteiger partial charge in [0.1, 0.15) is 5.82 Å². The summed E-state index contributed by atoms with van der Waals surface area (Å²) in [4.78, 5) is 13.1. The number of ether oxygens (including phenoxy) is 1. The van der Waals surface area contributed by atoms with Crippen LogP contribution in [0.3, 0.4) is 0 Å². The Bertz CT molecular complexity index is 1140. The monoisotopic (exact) mass is 503 g/mol. The number of sulfone groups is 1. The number of halogens is 1. The molecule has 2 aliphatic rings. The molecule has 4 rings (SSSR count). The van der Waals surface area contributed by atoms with E-state index in [2.05, 4.69) is 10.6 Å². The fraction of sp³-hybridized carbons (Fsp3) is 0.500. The molecule has 3 atom stereocenters. The Morgan fingerprint density at radius 2 is 1.91 bits per heavy atom. The molecular weight excluding hydrogens is 469 g/mol. The number of nitrogens with two attached hydrogens (primary N) is 1. The van der Waals surface area contributed by atoms with E-state index < -0.39 is 31.6 Å². The molecular formula is C26H34FN3O4S. The minimum Gasteiger partial charge on any atom is -0.381 e. The van der Waals surface area contributed by atoms with Crippen LogP contribution in [0.15, 0.2) is 48.5 Å². The van der Waals surface area contributed by atoms with E-state index in [1.807, 2.05) is 37.3 Å². The highest BCUT2D eigenvalue weighted by atomic mass is 32.2. The Hall–Kier alpha value is -2.33. The lowest BCUT2D eigenvalue weighted by Crippen LogP contribution is -2.53. The minimum atomic E-state index is -3.57. The summed E-state index contributed by atoms with van der Waals surface area (Å²) in [7, 11) is -3.57. The first kappa shape index (κ1) is 25.8. The van der Waals surface area contributed by atoms with Gasteiger partial charge in [0.15, 0.2) is 9.84 Å². The van der Waals surface area contributed by atoms with Gasteiger partial charge in [-0.05, 0) is 48.9 Å². The van der Waals surface area contributed by atoms with Crippen LogP contribution in [0, 0.1) is 5.82 Å². The predicted molar refractivity (Wildman–Crippen MR) is 133 cm³/mol. The Morgan fingerprint density at radius 3 is 2.57 bits per heavy atom. The van der Waals surface area contributed by atoms with Crippen molar-refractivity contribution in [1.82, 2.24) is 10.6 Å². The first-order valence-electron chi connectivity index (χ1n) is 12.2. The van der Waals surface area contributed by atoms with Crippen molar-refractivity contribution in [3.05, 3.63) is 71.0 Å². The smallest absolute Gasteiger partial charge is 0.230 e. The van der Waals surface area contributed by atoms with Crippen LogP contribution in [0.5, 0.6) is 0 Å². The van der Waals surface area contributed by atoms with Crippen LogP contribution < -0.4 is 16.4 Å². The van der Waals surface area contributed by atoms with Crippen LogP contribution >= 0.6 is 0 Å².